The number of hydrogen-bond acceptors (Lipinski definition) is 2. The molecule has 0 radical (unpaired) electrons. The Hall–Kier alpha value is -3.01. The number of anilines is 1. The van der Waals surface area contributed by atoms with Crippen LogP contribution in [0.15, 0.2) is 47.4 Å². The average Bonchev–Trinajstić information content (AvgIpc) is 2.68. The van der Waals surface area contributed by atoms with Gasteiger partial charge in [0.05, 0.1) is 21.7 Å². The largest absolute Gasteiger partial charge is 0.417 e. The number of alkyl halides is 6. The van der Waals surface area contributed by atoms with Crippen LogP contribution in [0.5, 0.6) is 0 Å². The zero-order valence-corrected chi connectivity index (χ0v) is 16.4. The fourth-order valence-electron chi connectivity index (χ4n) is 3.02. The van der Waals surface area contributed by atoms with Gasteiger partial charge < -0.3 is 9.88 Å². The summed E-state index contributed by atoms with van der Waals surface area (Å²) in [6, 6.07) is 5.22. The van der Waals surface area contributed by atoms with Crippen LogP contribution >= 0.6 is 11.6 Å². The molecular weight excluding hydrogens is 450 g/mol. The molecule has 1 aromatic heterocycles. The number of aromatic nitrogens is 1. The number of pyridine rings is 1. The van der Waals surface area contributed by atoms with Gasteiger partial charge in [-0.05, 0) is 43.3 Å². The number of halogens is 7. The molecule has 0 aliphatic rings. The van der Waals surface area contributed by atoms with Gasteiger partial charge in [-0.15, -0.1) is 0 Å². The molecule has 0 saturated carbocycles. The van der Waals surface area contributed by atoms with Crippen molar-refractivity contribution >= 4 is 34.1 Å². The molecule has 1 heterocycles. The normalized spacial score (nSPS) is 12.3. The van der Waals surface area contributed by atoms with Gasteiger partial charge in [0, 0.05) is 23.8 Å². The summed E-state index contributed by atoms with van der Waals surface area (Å²) in [5, 5.41) is 1.25. The van der Waals surface area contributed by atoms with Crippen LogP contribution in [0.2, 0.25) is 5.02 Å². The molecule has 0 unspecified atom stereocenters. The summed E-state index contributed by atoms with van der Waals surface area (Å²) >= 11 is 5.54. The van der Waals surface area contributed by atoms with E-state index in [0.717, 1.165) is 30.5 Å². The quantitative estimate of drug-likeness (QED) is 0.488. The zero-order chi connectivity index (χ0) is 23.1. The molecule has 3 rings (SSSR count). The molecule has 0 fully saturated rings. The minimum Gasteiger partial charge on any atom is -0.347 e. The molecule has 1 N–H and O–H groups in total. The van der Waals surface area contributed by atoms with E-state index in [0.29, 0.717) is 12.1 Å². The smallest absolute Gasteiger partial charge is 0.347 e. The van der Waals surface area contributed by atoms with Gasteiger partial charge in [-0.3, -0.25) is 9.59 Å². The van der Waals surface area contributed by atoms with Crippen molar-refractivity contribution in [2.45, 2.75) is 25.8 Å². The Morgan fingerprint density at radius 1 is 1.03 bits per heavy atom. The van der Waals surface area contributed by atoms with E-state index in [1.807, 2.05) is 0 Å². The molecule has 1 amide bonds. The lowest BCUT2D eigenvalue weighted by molar-refractivity contribution is -0.138. The molecule has 0 bridgehead atoms. The Morgan fingerprint density at radius 2 is 1.71 bits per heavy atom. The zero-order valence-electron chi connectivity index (χ0n) is 15.7. The standard InChI is InChI=1S/C20H13ClF6N2O2/c1-2-29-9-13(17(30)12-7-10(19(22,23)24)3-6-16(12)29)18(31)28-11-4-5-15(21)14(8-11)20(25,26)27/h3-9H,2H2,1H3,(H,28,31). The lowest BCUT2D eigenvalue weighted by Crippen LogP contribution is -2.24. The number of nitrogens with one attached hydrogen (secondary N) is 1. The van der Waals surface area contributed by atoms with Gasteiger partial charge in [0.25, 0.3) is 5.91 Å². The first-order chi connectivity index (χ1) is 14.3. The molecule has 0 aliphatic carbocycles. The predicted octanol–water partition coefficient (Wildman–Crippen LogP) is 5.96. The predicted molar refractivity (Wildman–Crippen MR) is 103 cm³/mol. The molecule has 11 heteroatoms. The highest BCUT2D eigenvalue weighted by Crippen LogP contribution is 2.36. The maximum Gasteiger partial charge on any atom is 0.417 e. The summed E-state index contributed by atoms with van der Waals surface area (Å²) in [5.41, 5.74) is -3.85. The number of hydrogen-bond donors (Lipinski definition) is 1. The van der Waals surface area contributed by atoms with Gasteiger partial charge >= 0.3 is 12.4 Å². The third-order valence-corrected chi connectivity index (χ3v) is 4.85. The minimum absolute atomic E-state index is 0.183. The highest BCUT2D eigenvalue weighted by molar-refractivity contribution is 6.31. The number of amides is 1. The van der Waals surface area contributed by atoms with Crippen molar-refractivity contribution in [1.29, 1.82) is 0 Å². The van der Waals surface area contributed by atoms with Crippen LogP contribution in [0, 0.1) is 0 Å². The van der Waals surface area contributed by atoms with Crippen LogP contribution in [0.25, 0.3) is 10.9 Å². The first-order valence-electron chi connectivity index (χ1n) is 8.75. The van der Waals surface area contributed by atoms with Crippen molar-refractivity contribution in [3.63, 3.8) is 0 Å². The maximum absolute atomic E-state index is 13.1. The van der Waals surface area contributed by atoms with Gasteiger partial charge in [0.2, 0.25) is 5.43 Å². The number of carbonyl (C=O) groups excluding carboxylic acids is 1. The Morgan fingerprint density at radius 3 is 2.29 bits per heavy atom. The van der Waals surface area contributed by atoms with Gasteiger partial charge in [0.15, 0.2) is 0 Å². The summed E-state index contributed by atoms with van der Waals surface area (Å²) in [7, 11) is 0. The van der Waals surface area contributed by atoms with Crippen molar-refractivity contribution in [3.8, 4) is 0 Å². The van der Waals surface area contributed by atoms with Crippen LogP contribution < -0.4 is 10.7 Å². The molecular formula is C20H13ClF6N2O2. The molecule has 31 heavy (non-hydrogen) atoms. The van der Waals surface area contributed by atoms with Crippen molar-refractivity contribution in [2.75, 3.05) is 5.32 Å². The maximum atomic E-state index is 13.1. The SMILES string of the molecule is CCn1cc(C(=O)Nc2ccc(Cl)c(C(F)(F)F)c2)c(=O)c2cc(C(F)(F)F)ccc21. The van der Waals surface area contributed by atoms with Crippen molar-refractivity contribution in [2.24, 2.45) is 0 Å². The average molecular weight is 463 g/mol. The molecule has 0 saturated heterocycles. The molecule has 2 aromatic carbocycles. The van der Waals surface area contributed by atoms with Crippen LogP contribution in [0.4, 0.5) is 32.0 Å². The molecule has 0 aliphatic heterocycles. The van der Waals surface area contributed by atoms with Crippen LogP contribution in [0.3, 0.4) is 0 Å². The van der Waals surface area contributed by atoms with Crippen molar-refractivity contribution in [3.05, 3.63) is 74.5 Å². The lowest BCUT2D eigenvalue weighted by atomic mass is 10.1. The van der Waals surface area contributed by atoms with Crippen molar-refractivity contribution < 1.29 is 31.1 Å². The molecule has 3 aromatic rings. The fraction of sp³-hybridized carbons (Fsp3) is 0.200. The lowest BCUT2D eigenvalue weighted by Gasteiger charge is -2.14. The van der Waals surface area contributed by atoms with E-state index in [1.54, 1.807) is 6.92 Å². The first kappa shape index (κ1) is 22.7. The second-order valence-electron chi connectivity index (χ2n) is 6.53. The summed E-state index contributed by atoms with van der Waals surface area (Å²) in [4.78, 5) is 25.4. The summed E-state index contributed by atoms with van der Waals surface area (Å²) in [6.45, 7) is 1.87. The van der Waals surface area contributed by atoms with E-state index in [4.69, 9.17) is 11.6 Å². The molecule has 0 spiro atoms. The van der Waals surface area contributed by atoms with E-state index < -0.39 is 45.4 Å². The number of benzene rings is 2. The minimum atomic E-state index is -4.77. The van der Waals surface area contributed by atoms with Crippen molar-refractivity contribution in [1.82, 2.24) is 4.57 Å². The topological polar surface area (TPSA) is 51.1 Å². The Labute approximate surface area is 176 Å². The molecule has 164 valence electrons. The van der Waals surface area contributed by atoms with Gasteiger partial charge in [-0.2, -0.15) is 26.3 Å². The van der Waals surface area contributed by atoms with E-state index in [-0.39, 0.29) is 23.1 Å². The fourth-order valence-corrected chi connectivity index (χ4v) is 3.24. The highest BCUT2D eigenvalue weighted by Gasteiger charge is 2.34. The third-order valence-electron chi connectivity index (χ3n) is 4.52. The van der Waals surface area contributed by atoms with E-state index in [2.05, 4.69) is 5.32 Å². The number of nitrogens with zero attached hydrogens (tertiary/aromatic N) is 1. The Bertz CT molecular complexity index is 1230. The van der Waals surface area contributed by atoms with Gasteiger partial charge in [-0.25, -0.2) is 0 Å². The number of rotatable bonds is 3. The number of fused-ring (bicyclic) bond motifs is 1. The summed E-state index contributed by atoms with van der Waals surface area (Å²) < 4.78 is 79.6. The Balaban J connectivity index is 2.09. The second-order valence-corrected chi connectivity index (χ2v) is 6.94. The Kier molecular flexibility index (Phi) is 5.79. The van der Waals surface area contributed by atoms with Crippen LogP contribution in [-0.4, -0.2) is 10.5 Å². The summed E-state index contributed by atoms with van der Waals surface area (Å²) in [5.74, 6) is -1.07. The summed E-state index contributed by atoms with van der Waals surface area (Å²) in [6.07, 6.45) is -8.33. The monoisotopic (exact) mass is 462 g/mol. The third kappa shape index (κ3) is 4.53. The van der Waals surface area contributed by atoms with Gasteiger partial charge in [0.1, 0.15) is 5.56 Å². The molecule has 4 nitrogen and oxygen atoms in total. The first-order valence-corrected chi connectivity index (χ1v) is 9.13. The second kappa shape index (κ2) is 7.92. The van der Waals surface area contributed by atoms with Crippen LogP contribution in [0.1, 0.15) is 28.4 Å². The molecule has 0 atom stereocenters. The highest BCUT2D eigenvalue weighted by atomic mass is 35.5. The number of carbonyl (C=O) groups is 1. The van der Waals surface area contributed by atoms with E-state index >= 15 is 0 Å². The number of aryl methyl sites for hydroxylation is 1. The van der Waals surface area contributed by atoms with Gasteiger partial charge in [-0.1, -0.05) is 11.6 Å². The van der Waals surface area contributed by atoms with E-state index in [1.165, 1.54) is 4.57 Å². The van der Waals surface area contributed by atoms with E-state index in [9.17, 15) is 35.9 Å². The van der Waals surface area contributed by atoms with Crippen LogP contribution in [-0.2, 0) is 18.9 Å².